The van der Waals surface area contributed by atoms with Gasteiger partial charge in [-0.05, 0) is 38.3 Å². The number of nitrogens with zero attached hydrogens (tertiary/aromatic N) is 4. The first-order valence-electron chi connectivity index (χ1n) is 7.75. The molecule has 1 atom stereocenters. The summed E-state index contributed by atoms with van der Waals surface area (Å²) in [5, 5.41) is 8.01. The van der Waals surface area contributed by atoms with E-state index in [0.29, 0.717) is 24.9 Å². The van der Waals surface area contributed by atoms with Gasteiger partial charge in [0.15, 0.2) is 0 Å². The van der Waals surface area contributed by atoms with Gasteiger partial charge in [0.05, 0.1) is 22.6 Å². The molecule has 0 aliphatic carbocycles. The largest absolute Gasteiger partial charge is 0.588 e. The van der Waals surface area contributed by atoms with Crippen LogP contribution in [0.25, 0.3) is 0 Å². The van der Waals surface area contributed by atoms with Gasteiger partial charge in [-0.1, -0.05) is 5.21 Å². The second-order valence-corrected chi connectivity index (χ2v) is 7.68. The third kappa shape index (κ3) is 3.07. The van der Waals surface area contributed by atoms with Crippen LogP contribution in [0.1, 0.15) is 45.3 Å². The number of piperidine rings is 1. The number of aromatic nitrogens is 3. The molecule has 1 spiro atoms. The minimum atomic E-state index is -0.489. The Morgan fingerprint density at radius 2 is 2.13 bits per heavy atom. The average Bonchev–Trinajstić information content (AvgIpc) is 3.00. The molecule has 1 aromatic heterocycles. The van der Waals surface area contributed by atoms with Crippen molar-refractivity contribution in [2.75, 3.05) is 13.1 Å². The number of hydrogen-bond donors (Lipinski definition) is 1. The lowest BCUT2D eigenvalue weighted by atomic mass is 9.74. The number of likely N-dealkylation sites (tertiary alicyclic amines) is 1. The second kappa shape index (κ2) is 5.79. The second-order valence-electron chi connectivity index (χ2n) is 7.28. The lowest BCUT2D eigenvalue weighted by Crippen LogP contribution is -2.48. The lowest BCUT2D eigenvalue weighted by Gasteiger charge is -2.40. The van der Waals surface area contributed by atoms with Gasteiger partial charge in [-0.2, -0.15) is 0 Å². The van der Waals surface area contributed by atoms with Crippen LogP contribution in [0.5, 0.6) is 0 Å². The van der Waals surface area contributed by atoms with E-state index in [1.54, 1.807) is 11.1 Å². The molecule has 3 rings (SSSR count). The van der Waals surface area contributed by atoms with Crippen LogP contribution in [-0.4, -0.2) is 44.7 Å². The number of ether oxygens (including phenoxy) is 1. The maximum atomic E-state index is 12.2. The normalized spacial score (nSPS) is 22.9. The number of rotatable bonds is 2. The average molecular weight is 340 g/mol. The van der Waals surface area contributed by atoms with Gasteiger partial charge in [-0.3, -0.25) is 0 Å². The molecule has 1 fully saturated rings. The van der Waals surface area contributed by atoms with Crippen LogP contribution in [-0.2, 0) is 27.3 Å². The molecule has 0 unspecified atom stereocenters. The summed E-state index contributed by atoms with van der Waals surface area (Å²) in [7, 11) is 0. The van der Waals surface area contributed by atoms with E-state index >= 15 is 0 Å². The zero-order valence-electron chi connectivity index (χ0n) is 13.6. The van der Waals surface area contributed by atoms with Gasteiger partial charge in [0, 0.05) is 18.5 Å². The Bertz CT molecular complexity index is 604. The molecule has 0 radical (unpaired) electrons. The molecule has 3 heterocycles. The molecule has 0 bridgehead atoms. The molecule has 2 aliphatic rings. The summed E-state index contributed by atoms with van der Waals surface area (Å²) in [5.74, 6) is 0. The van der Waals surface area contributed by atoms with E-state index in [1.807, 2.05) is 25.5 Å². The summed E-state index contributed by atoms with van der Waals surface area (Å²) < 4.78 is 21.3. The van der Waals surface area contributed by atoms with E-state index in [9.17, 15) is 9.00 Å². The number of hydrogen-bond acceptors (Lipinski definition) is 5. The predicted molar refractivity (Wildman–Crippen MR) is 83.4 cm³/mol. The molecule has 1 N–H and O–H groups in total. The number of carbonyl (C=O) groups is 1. The number of amides is 1. The quantitative estimate of drug-likeness (QED) is 0.647. The van der Waals surface area contributed by atoms with E-state index < -0.39 is 5.60 Å². The molecular weight excluding hydrogens is 318 g/mol. The van der Waals surface area contributed by atoms with Gasteiger partial charge < -0.3 is 9.64 Å². The Morgan fingerprint density at radius 1 is 1.43 bits per heavy atom. The van der Waals surface area contributed by atoms with Crippen molar-refractivity contribution < 1.29 is 13.7 Å². The highest BCUT2D eigenvalue weighted by Gasteiger charge is 2.52. The van der Waals surface area contributed by atoms with E-state index in [2.05, 4.69) is 15.0 Å². The highest BCUT2D eigenvalue weighted by Crippen LogP contribution is 2.48. The van der Waals surface area contributed by atoms with Gasteiger partial charge in [0.1, 0.15) is 11.6 Å². The van der Waals surface area contributed by atoms with Crippen molar-refractivity contribution in [3.8, 4) is 0 Å². The monoisotopic (exact) mass is 340 g/mol. The van der Waals surface area contributed by atoms with Gasteiger partial charge in [-0.15, -0.1) is 5.10 Å². The number of carbonyl (C=O) groups excluding carboxylic acids is 1. The molecular formula is C14H22N5O3S+. The van der Waals surface area contributed by atoms with Crippen LogP contribution in [0.15, 0.2) is 6.20 Å². The first-order chi connectivity index (χ1) is 10.8. The Morgan fingerprint density at radius 3 is 2.74 bits per heavy atom. The van der Waals surface area contributed by atoms with Crippen LogP contribution in [0.2, 0.25) is 0 Å². The fourth-order valence-corrected chi connectivity index (χ4v) is 3.92. The summed E-state index contributed by atoms with van der Waals surface area (Å²) in [6, 6.07) is -0.0826. The zero-order chi connectivity index (χ0) is 16.7. The van der Waals surface area contributed by atoms with Gasteiger partial charge in [-0.25, -0.2) is 9.48 Å². The van der Waals surface area contributed by atoms with Gasteiger partial charge in [0.25, 0.3) is 0 Å². The van der Waals surface area contributed by atoms with Crippen LogP contribution >= 0.6 is 0 Å². The Balaban J connectivity index is 1.69. The molecule has 8 nitrogen and oxygen atoms in total. The molecule has 1 saturated heterocycles. The van der Waals surface area contributed by atoms with Gasteiger partial charge in [0.2, 0.25) is 0 Å². The van der Waals surface area contributed by atoms with Crippen molar-refractivity contribution in [2.24, 2.45) is 5.41 Å². The van der Waals surface area contributed by atoms with Crippen LogP contribution < -0.4 is 4.72 Å². The molecule has 1 amide bonds. The highest BCUT2D eigenvalue weighted by atomic mass is 32.2. The van der Waals surface area contributed by atoms with E-state index in [0.717, 1.165) is 25.1 Å². The molecule has 0 aromatic carbocycles. The first kappa shape index (κ1) is 16.3. The fraction of sp³-hybridized carbons (Fsp3) is 0.786. The summed E-state index contributed by atoms with van der Waals surface area (Å²) in [4.78, 5) is 13.9. The van der Waals surface area contributed by atoms with Crippen LogP contribution in [0, 0.1) is 5.41 Å². The summed E-state index contributed by atoms with van der Waals surface area (Å²) in [6.07, 6.45) is 3.04. The summed E-state index contributed by atoms with van der Waals surface area (Å²) >= 11 is 0.374. The fourth-order valence-electron chi connectivity index (χ4n) is 3.46. The van der Waals surface area contributed by atoms with Crippen molar-refractivity contribution in [1.29, 1.82) is 0 Å². The zero-order valence-corrected chi connectivity index (χ0v) is 14.4. The number of fused-ring (bicyclic) bond motifs is 1. The van der Waals surface area contributed by atoms with Crippen molar-refractivity contribution in [1.82, 2.24) is 24.6 Å². The summed E-state index contributed by atoms with van der Waals surface area (Å²) in [5.41, 5.74) is 0.358. The lowest BCUT2D eigenvalue weighted by molar-refractivity contribution is 0.00566. The summed E-state index contributed by atoms with van der Waals surface area (Å²) in [6.45, 7) is 7.56. The standard InChI is InChI=1S/C14H22N5O3S/c1-13(2,3)22-12(20)18-6-4-14(5-7-18)9-19-10(8-15-17-19)11(14)16-23-21/h8,11H,4-7,9H2,1-3H3,(H,16,21)/q+1/t11-/m1/s1. The van der Waals surface area contributed by atoms with Crippen molar-refractivity contribution >= 4 is 17.9 Å². The van der Waals surface area contributed by atoms with Crippen molar-refractivity contribution in [2.45, 2.75) is 51.8 Å². The topological polar surface area (TPSA) is 89.3 Å². The van der Waals surface area contributed by atoms with E-state index in [4.69, 9.17) is 4.74 Å². The predicted octanol–water partition coefficient (Wildman–Crippen LogP) is 1.28. The minimum Gasteiger partial charge on any atom is -0.444 e. The Kier molecular flexibility index (Phi) is 4.09. The van der Waals surface area contributed by atoms with Crippen LogP contribution in [0.3, 0.4) is 0 Å². The maximum Gasteiger partial charge on any atom is 0.588 e. The van der Waals surface area contributed by atoms with Crippen LogP contribution in [0.4, 0.5) is 4.79 Å². The molecule has 1 aromatic rings. The SMILES string of the molecule is CC(C)(C)OC(=O)N1CCC2(CC1)Cn1nncc1[C@H]2N[S+]=O. The molecule has 0 saturated carbocycles. The smallest absolute Gasteiger partial charge is 0.444 e. The molecule has 23 heavy (non-hydrogen) atoms. The maximum absolute atomic E-state index is 12.2. The van der Waals surface area contributed by atoms with E-state index in [1.165, 1.54) is 0 Å². The van der Waals surface area contributed by atoms with Crippen molar-refractivity contribution in [3.05, 3.63) is 11.9 Å². The molecule has 9 heteroatoms. The first-order valence-corrected chi connectivity index (χ1v) is 8.49. The van der Waals surface area contributed by atoms with Gasteiger partial charge >= 0.3 is 17.9 Å². The Hall–Kier alpha value is -1.61. The third-order valence-electron chi connectivity index (χ3n) is 4.60. The Labute approximate surface area is 139 Å². The highest BCUT2D eigenvalue weighted by molar-refractivity contribution is 7.63. The molecule has 2 aliphatic heterocycles. The van der Waals surface area contributed by atoms with E-state index in [-0.39, 0.29) is 17.6 Å². The number of nitrogens with one attached hydrogen (secondary N) is 1. The van der Waals surface area contributed by atoms with Crippen molar-refractivity contribution in [3.63, 3.8) is 0 Å². The molecule has 126 valence electrons. The third-order valence-corrected chi connectivity index (χ3v) is 4.93. The minimum absolute atomic E-state index is 0.0826.